The molecule has 0 aliphatic carbocycles. The minimum atomic E-state index is -0.495. The number of hydrogen-bond donors (Lipinski definition) is 0. The first-order valence-electron chi connectivity index (χ1n) is 11.1. The summed E-state index contributed by atoms with van der Waals surface area (Å²) in [6.07, 6.45) is 5.63. The Kier molecular flexibility index (Phi) is 9.38. The Bertz CT molecular complexity index is 861. The fraction of sp³-hybridized carbons (Fsp3) is 0.583. The maximum Gasteiger partial charge on any atom is 0.433 e. The lowest BCUT2D eigenvalue weighted by Gasteiger charge is -2.28. The number of rotatable bonds is 13. The van der Waals surface area contributed by atoms with Crippen LogP contribution >= 0.6 is 11.6 Å². The van der Waals surface area contributed by atoms with Crippen LogP contribution in [0.2, 0.25) is 5.02 Å². The molecule has 1 aromatic heterocycles. The lowest BCUT2D eigenvalue weighted by molar-refractivity contribution is -0.904. The first-order chi connectivity index (χ1) is 14.6. The number of furan rings is 1. The zero-order valence-corrected chi connectivity index (χ0v) is 20.2. The van der Waals surface area contributed by atoms with E-state index in [1.54, 1.807) is 6.07 Å². The van der Waals surface area contributed by atoms with Crippen molar-refractivity contribution in [3.8, 4) is 5.75 Å². The number of aryl methyl sites for hydroxylation is 1. The molecule has 1 heterocycles. The predicted molar refractivity (Wildman–Crippen MR) is 125 cm³/mol. The van der Waals surface area contributed by atoms with Gasteiger partial charge in [-0.3, -0.25) is 10.1 Å². The van der Waals surface area contributed by atoms with Crippen molar-refractivity contribution < 1.29 is 18.6 Å². The Balaban J connectivity index is 1.64. The van der Waals surface area contributed by atoms with Crippen molar-refractivity contribution in [1.82, 2.24) is 0 Å². The number of benzene rings is 1. The van der Waals surface area contributed by atoms with Crippen LogP contribution in [0.25, 0.3) is 0 Å². The molecule has 0 unspecified atom stereocenters. The first-order valence-corrected chi connectivity index (χ1v) is 11.4. The maximum absolute atomic E-state index is 10.7. The summed E-state index contributed by atoms with van der Waals surface area (Å²) in [5.74, 6) is 1.80. The molecule has 0 amide bonds. The summed E-state index contributed by atoms with van der Waals surface area (Å²) in [6.45, 7) is 8.70. The molecule has 0 atom stereocenters. The quantitative estimate of drug-likeness (QED) is 0.144. The van der Waals surface area contributed by atoms with Gasteiger partial charge in [0.15, 0.2) is 5.76 Å². The van der Waals surface area contributed by atoms with Gasteiger partial charge in [0.05, 0.1) is 33.3 Å². The van der Waals surface area contributed by atoms with E-state index in [0.29, 0.717) is 18.2 Å². The third-order valence-electron chi connectivity index (χ3n) is 5.49. The Labute approximate surface area is 190 Å². The van der Waals surface area contributed by atoms with E-state index >= 15 is 0 Å². The van der Waals surface area contributed by atoms with Crippen molar-refractivity contribution in [1.29, 1.82) is 0 Å². The molecule has 0 spiro atoms. The van der Waals surface area contributed by atoms with Gasteiger partial charge in [0, 0.05) is 5.02 Å². The fourth-order valence-electron chi connectivity index (χ4n) is 3.65. The molecule has 0 N–H and O–H groups in total. The number of hydrogen-bond acceptors (Lipinski definition) is 4. The van der Waals surface area contributed by atoms with E-state index in [1.165, 1.54) is 12.5 Å². The van der Waals surface area contributed by atoms with Crippen LogP contribution in [-0.4, -0.2) is 36.7 Å². The summed E-state index contributed by atoms with van der Waals surface area (Å²) in [5.41, 5.74) is 2.21. The van der Waals surface area contributed by atoms with Crippen molar-refractivity contribution >= 4 is 17.5 Å². The Morgan fingerprint density at radius 3 is 2.45 bits per heavy atom. The Morgan fingerprint density at radius 1 is 1.13 bits per heavy atom. The summed E-state index contributed by atoms with van der Waals surface area (Å²) in [4.78, 5) is 10.3. The SMILES string of the molecule is Cc1cc(OCCCCCCC[N+](C)(C)Cc2ccc([N+](=O)[O-])o2)c(C(C)C)cc1Cl. The second kappa shape index (κ2) is 11.5. The monoisotopic (exact) mass is 451 g/mol. The van der Waals surface area contributed by atoms with Gasteiger partial charge < -0.3 is 13.6 Å². The zero-order valence-electron chi connectivity index (χ0n) is 19.4. The maximum atomic E-state index is 10.7. The predicted octanol–water partition coefficient (Wildman–Crippen LogP) is 6.88. The van der Waals surface area contributed by atoms with Gasteiger partial charge in [0.1, 0.15) is 17.2 Å². The molecular weight excluding hydrogens is 416 g/mol. The first kappa shape index (κ1) is 25.2. The fourth-order valence-corrected chi connectivity index (χ4v) is 3.82. The normalized spacial score (nSPS) is 11.8. The number of nitrogens with zero attached hydrogens (tertiary/aromatic N) is 2. The van der Waals surface area contributed by atoms with E-state index in [0.717, 1.165) is 65.2 Å². The van der Waals surface area contributed by atoms with Gasteiger partial charge in [0.25, 0.3) is 0 Å². The van der Waals surface area contributed by atoms with E-state index in [9.17, 15) is 10.1 Å². The molecule has 0 saturated heterocycles. The van der Waals surface area contributed by atoms with Crippen LogP contribution in [-0.2, 0) is 6.54 Å². The second-order valence-corrected chi connectivity index (χ2v) is 9.63. The van der Waals surface area contributed by atoms with Crippen LogP contribution in [0.5, 0.6) is 5.75 Å². The lowest BCUT2D eigenvalue weighted by atomic mass is 10.0. The summed E-state index contributed by atoms with van der Waals surface area (Å²) >= 11 is 6.26. The zero-order chi connectivity index (χ0) is 23.0. The minimum absolute atomic E-state index is 0.188. The standard InChI is InChI=1S/C24H36ClN2O4/c1-18(2)21-16-22(25)19(3)15-23(21)30-14-10-8-6-7-9-13-27(4,5)17-20-11-12-24(31-20)26(28)29/h11-12,15-16,18H,6-10,13-14,17H2,1-5H3/q+1. The minimum Gasteiger partial charge on any atom is -0.493 e. The van der Waals surface area contributed by atoms with E-state index in [4.69, 9.17) is 20.8 Å². The summed E-state index contributed by atoms with van der Waals surface area (Å²) < 4.78 is 12.1. The molecular formula is C24H36ClN2O4+. The topological polar surface area (TPSA) is 65.5 Å². The molecule has 7 heteroatoms. The van der Waals surface area contributed by atoms with Gasteiger partial charge in [-0.25, -0.2) is 0 Å². The van der Waals surface area contributed by atoms with Gasteiger partial charge >= 0.3 is 5.88 Å². The Morgan fingerprint density at radius 2 is 1.81 bits per heavy atom. The number of unbranched alkanes of at least 4 members (excludes halogenated alkanes) is 4. The van der Waals surface area contributed by atoms with Crippen molar-refractivity contribution in [2.24, 2.45) is 0 Å². The molecule has 0 aliphatic rings. The molecule has 31 heavy (non-hydrogen) atoms. The molecule has 6 nitrogen and oxygen atoms in total. The molecule has 0 radical (unpaired) electrons. The van der Waals surface area contributed by atoms with E-state index < -0.39 is 4.92 Å². The van der Waals surface area contributed by atoms with E-state index in [-0.39, 0.29) is 5.88 Å². The molecule has 0 bridgehead atoms. The third-order valence-corrected chi connectivity index (χ3v) is 5.90. The van der Waals surface area contributed by atoms with Crippen molar-refractivity contribution in [2.45, 2.75) is 65.3 Å². The molecule has 172 valence electrons. The van der Waals surface area contributed by atoms with Crippen LogP contribution in [0, 0.1) is 17.0 Å². The summed E-state index contributed by atoms with van der Waals surface area (Å²) in [7, 11) is 4.26. The molecule has 0 aliphatic heterocycles. The highest BCUT2D eigenvalue weighted by atomic mass is 35.5. The smallest absolute Gasteiger partial charge is 0.433 e. The lowest BCUT2D eigenvalue weighted by Crippen LogP contribution is -2.39. The number of quaternary nitrogens is 1. The molecule has 0 fully saturated rings. The summed E-state index contributed by atoms with van der Waals surface area (Å²) in [5, 5.41) is 11.5. The van der Waals surface area contributed by atoms with Gasteiger partial charge in [-0.1, -0.05) is 38.3 Å². The average molecular weight is 452 g/mol. The van der Waals surface area contributed by atoms with Crippen LogP contribution in [0.15, 0.2) is 28.7 Å². The van der Waals surface area contributed by atoms with Crippen molar-refractivity contribution in [2.75, 3.05) is 27.2 Å². The summed E-state index contributed by atoms with van der Waals surface area (Å²) in [6, 6.07) is 7.20. The van der Waals surface area contributed by atoms with E-state index in [1.807, 2.05) is 19.1 Å². The highest BCUT2D eigenvalue weighted by molar-refractivity contribution is 6.31. The molecule has 0 saturated carbocycles. The molecule has 2 rings (SSSR count). The number of nitro groups is 1. The van der Waals surface area contributed by atoms with Gasteiger partial charge in [-0.2, -0.15) is 0 Å². The number of ether oxygens (including phenoxy) is 1. The average Bonchev–Trinajstić information content (AvgIpc) is 3.14. The third kappa shape index (κ3) is 8.19. The largest absolute Gasteiger partial charge is 0.493 e. The molecule has 1 aromatic carbocycles. The highest BCUT2D eigenvalue weighted by Crippen LogP contribution is 2.32. The second-order valence-electron chi connectivity index (χ2n) is 9.22. The van der Waals surface area contributed by atoms with Crippen LogP contribution < -0.4 is 4.74 Å². The van der Waals surface area contributed by atoms with Gasteiger partial charge in [-0.05, 0) is 61.4 Å². The van der Waals surface area contributed by atoms with Gasteiger partial charge in [0.2, 0.25) is 0 Å². The van der Waals surface area contributed by atoms with Crippen LogP contribution in [0.3, 0.4) is 0 Å². The van der Waals surface area contributed by atoms with Gasteiger partial charge in [-0.15, -0.1) is 0 Å². The van der Waals surface area contributed by atoms with E-state index in [2.05, 4.69) is 27.9 Å². The van der Waals surface area contributed by atoms with Crippen molar-refractivity contribution in [3.05, 3.63) is 56.3 Å². The van der Waals surface area contributed by atoms with Crippen LogP contribution in [0.1, 0.15) is 68.8 Å². The Hall–Kier alpha value is -2.05. The van der Waals surface area contributed by atoms with Crippen molar-refractivity contribution in [3.63, 3.8) is 0 Å². The molecule has 2 aromatic rings. The highest BCUT2D eigenvalue weighted by Gasteiger charge is 2.20. The number of halogens is 1. The van der Waals surface area contributed by atoms with Crippen LogP contribution in [0.4, 0.5) is 5.88 Å².